The molecule has 6 heteroatoms. The average Bonchev–Trinajstić information content (AvgIpc) is 2.78. The molecule has 0 radical (unpaired) electrons. The van der Waals surface area contributed by atoms with Crippen LogP contribution >= 0.6 is 15.9 Å². The summed E-state index contributed by atoms with van der Waals surface area (Å²) in [5.41, 5.74) is -0.0181. The second-order valence-corrected chi connectivity index (χ2v) is 5.24. The molecule has 1 fully saturated rings. The van der Waals surface area contributed by atoms with Crippen LogP contribution in [0.3, 0.4) is 0 Å². The van der Waals surface area contributed by atoms with Gasteiger partial charge in [-0.3, -0.25) is 9.69 Å². The Morgan fingerprint density at radius 2 is 2.22 bits per heavy atom. The van der Waals surface area contributed by atoms with E-state index in [9.17, 15) is 13.6 Å². The lowest BCUT2D eigenvalue weighted by atomic mass is 10.1. The molecule has 1 N–H and O–H groups in total. The van der Waals surface area contributed by atoms with Gasteiger partial charge in [0.15, 0.2) is 0 Å². The van der Waals surface area contributed by atoms with E-state index in [1.165, 1.54) is 12.1 Å². The molecule has 1 heterocycles. The molecule has 18 heavy (non-hydrogen) atoms. The lowest BCUT2D eigenvalue weighted by Gasteiger charge is -2.16. The van der Waals surface area contributed by atoms with Crippen LogP contribution in [0.4, 0.5) is 8.78 Å². The van der Waals surface area contributed by atoms with E-state index in [2.05, 4.69) is 15.9 Å². The SMILES string of the molecule is O=C(O)C1CCN(Cc2c(F)ccc(Br)c2F)C1. The molecule has 0 bridgehead atoms. The van der Waals surface area contributed by atoms with Gasteiger partial charge in [0.1, 0.15) is 11.6 Å². The lowest BCUT2D eigenvalue weighted by molar-refractivity contribution is -0.141. The summed E-state index contributed by atoms with van der Waals surface area (Å²) in [4.78, 5) is 12.6. The van der Waals surface area contributed by atoms with Crippen molar-refractivity contribution in [2.24, 2.45) is 5.92 Å². The lowest BCUT2D eigenvalue weighted by Crippen LogP contribution is -2.24. The number of nitrogens with zero attached hydrogens (tertiary/aromatic N) is 1. The molecule has 3 nitrogen and oxygen atoms in total. The molecule has 1 saturated heterocycles. The summed E-state index contributed by atoms with van der Waals surface area (Å²) in [5, 5.41) is 8.87. The highest BCUT2D eigenvalue weighted by Crippen LogP contribution is 2.25. The summed E-state index contributed by atoms with van der Waals surface area (Å²) in [7, 11) is 0. The van der Waals surface area contributed by atoms with Gasteiger partial charge in [0.05, 0.1) is 10.4 Å². The minimum atomic E-state index is -0.854. The van der Waals surface area contributed by atoms with Gasteiger partial charge in [-0.15, -0.1) is 0 Å². The molecule has 1 aromatic carbocycles. The van der Waals surface area contributed by atoms with Crippen molar-refractivity contribution in [1.29, 1.82) is 0 Å². The Hall–Kier alpha value is -1.01. The van der Waals surface area contributed by atoms with Gasteiger partial charge in [-0.1, -0.05) is 0 Å². The first-order valence-electron chi connectivity index (χ1n) is 5.56. The summed E-state index contributed by atoms with van der Waals surface area (Å²) >= 11 is 3.01. The van der Waals surface area contributed by atoms with Crippen molar-refractivity contribution >= 4 is 21.9 Å². The van der Waals surface area contributed by atoms with Crippen molar-refractivity contribution in [2.75, 3.05) is 13.1 Å². The summed E-state index contributed by atoms with van der Waals surface area (Å²) in [5.74, 6) is -2.51. The zero-order valence-corrected chi connectivity index (χ0v) is 11.1. The number of halogens is 3. The molecule has 1 atom stereocenters. The van der Waals surface area contributed by atoms with Crippen molar-refractivity contribution in [1.82, 2.24) is 4.90 Å². The van der Waals surface area contributed by atoms with Gasteiger partial charge < -0.3 is 5.11 Å². The monoisotopic (exact) mass is 319 g/mol. The molecule has 2 rings (SSSR count). The highest BCUT2D eigenvalue weighted by Gasteiger charge is 2.29. The van der Waals surface area contributed by atoms with Crippen molar-refractivity contribution in [3.05, 3.63) is 33.8 Å². The Balaban J connectivity index is 2.11. The molecular formula is C12H12BrF2NO2. The predicted molar refractivity (Wildman–Crippen MR) is 65.1 cm³/mol. The van der Waals surface area contributed by atoms with Gasteiger partial charge in [-0.05, 0) is 41.0 Å². The average molecular weight is 320 g/mol. The molecule has 0 aliphatic carbocycles. The standard InChI is InChI=1S/C12H12BrF2NO2/c13-9-1-2-10(14)8(11(9)15)6-16-4-3-7(5-16)12(17)18/h1-2,7H,3-6H2,(H,17,18). The van der Waals surface area contributed by atoms with E-state index in [1.54, 1.807) is 4.90 Å². The Morgan fingerprint density at radius 1 is 1.50 bits per heavy atom. The highest BCUT2D eigenvalue weighted by molar-refractivity contribution is 9.10. The number of carbonyl (C=O) groups is 1. The fourth-order valence-corrected chi connectivity index (χ4v) is 2.49. The van der Waals surface area contributed by atoms with Crippen LogP contribution in [-0.2, 0) is 11.3 Å². The van der Waals surface area contributed by atoms with Crippen molar-refractivity contribution in [3.63, 3.8) is 0 Å². The highest BCUT2D eigenvalue weighted by atomic mass is 79.9. The molecule has 0 amide bonds. The van der Waals surface area contributed by atoms with Crippen LogP contribution in [0, 0.1) is 17.6 Å². The molecule has 1 aliphatic rings. The zero-order chi connectivity index (χ0) is 13.3. The predicted octanol–water partition coefficient (Wildman–Crippen LogP) is 2.63. The van der Waals surface area contributed by atoms with Gasteiger partial charge in [0, 0.05) is 18.7 Å². The maximum Gasteiger partial charge on any atom is 0.307 e. The molecule has 0 spiro atoms. The first kappa shape index (κ1) is 13.4. The van der Waals surface area contributed by atoms with Crippen LogP contribution < -0.4 is 0 Å². The van der Waals surface area contributed by atoms with E-state index in [-0.39, 0.29) is 16.6 Å². The molecule has 1 aliphatic heterocycles. The molecule has 1 unspecified atom stereocenters. The number of carboxylic acid groups (broad SMARTS) is 1. The number of carboxylic acids is 1. The van der Waals surface area contributed by atoms with Crippen molar-refractivity contribution in [3.8, 4) is 0 Å². The topological polar surface area (TPSA) is 40.5 Å². The number of hydrogen-bond acceptors (Lipinski definition) is 2. The number of likely N-dealkylation sites (tertiary alicyclic amines) is 1. The maximum atomic E-state index is 13.7. The molecule has 0 saturated carbocycles. The van der Waals surface area contributed by atoms with Crippen LogP contribution in [0.2, 0.25) is 0 Å². The summed E-state index contributed by atoms with van der Waals surface area (Å²) in [6, 6.07) is 2.52. The Labute approximate surface area is 112 Å². The third-order valence-electron chi connectivity index (χ3n) is 3.14. The van der Waals surface area contributed by atoms with Crippen LogP contribution in [0.25, 0.3) is 0 Å². The van der Waals surface area contributed by atoms with E-state index >= 15 is 0 Å². The van der Waals surface area contributed by atoms with Crippen molar-refractivity contribution in [2.45, 2.75) is 13.0 Å². The Kier molecular flexibility index (Phi) is 3.97. The summed E-state index contributed by atoms with van der Waals surface area (Å²) in [6.07, 6.45) is 0.520. The number of rotatable bonds is 3. The van der Waals surface area contributed by atoms with Crippen LogP contribution in [0.1, 0.15) is 12.0 Å². The zero-order valence-electron chi connectivity index (χ0n) is 9.50. The quantitative estimate of drug-likeness (QED) is 0.871. The molecular weight excluding hydrogens is 308 g/mol. The third kappa shape index (κ3) is 2.70. The van der Waals surface area contributed by atoms with E-state index in [0.717, 1.165) is 0 Å². The Morgan fingerprint density at radius 3 is 2.83 bits per heavy atom. The van der Waals surface area contributed by atoms with E-state index in [4.69, 9.17) is 5.11 Å². The summed E-state index contributed by atoms with van der Waals surface area (Å²) in [6.45, 7) is 0.976. The van der Waals surface area contributed by atoms with Gasteiger partial charge in [0.25, 0.3) is 0 Å². The maximum absolute atomic E-state index is 13.7. The third-order valence-corrected chi connectivity index (χ3v) is 3.75. The smallest absolute Gasteiger partial charge is 0.307 e. The number of aliphatic carboxylic acids is 1. The second kappa shape index (κ2) is 5.32. The molecule has 98 valence electrons. The normalized spacial score (nSPS) is 20.3. The minimum Gasteiger partial charge on any atom is -0.481 e. The van der Waals surface area contributed by atoms with Crippen LogP contribution in [0.5, 0.6) is 0 Å². The second-order valence-electron chi connectivity index (χ2n) is 4.38. The van der Waals surface area contributed by atoms with Crippen molar-refractivity contribution < 1.29 is 18.7 Å². The fraction of sp³-hybridized carbons (Fsp3) is 0.417. The first-order valence-corrected chi connectivity index (χ1v) is 6.36. The van der Waals surface area contributed by atoms with E-state index < -0.39 is 23.5 Å². The van der Waals surface area contributed by atoms with Gasteiger partial charge >= 0.3 is 5.97 Å². The number of benzene rings is 1. The first-order chi connectivity index (χ1) is 8.49. The fourth-order valence-electron chi connectivity index (χ4n) is 2.12. The van der Waals surface area contributed by atoms with Crippen LogP contribution in [-0.4, -0.2) is 29.1 Å². The Bertz CT molecular complexity index is 481. The largest absolute Gasteiger partial charge is 0.481 e. The van der Waals surface area contributed by atoms with Gasteiger partial charge in [-0.2, -0.15) is 0 Å². The van der Waals surface area contributed by atoms with Crippen LogP contribution in [0.15, 0.2) is 16.6 Å². The molecule has 0 aromatic heterocycles. The minimum absolute atomic E-state index is 0.0181. The summed E-state index contributed by atoms with van der Waals surface area (Å²) < 4.78 is 27.5. The van der Waals surface area contributed by atoms with E-state index in [1.807, 2.05) is 0 Å². The van der Waals surface area contributed by atoms with E-state index in [0.29, 0.717) is 19.5 Å². The van der Waals surface area contributed by atoms with Gasteiger partial charge in [-0.25, -0.2) is 8.78 Å². The number of hydrogen-bond donors (Lipinski definition) is 1. The van der Waals surface area contributed by atoms with Gasteiger partial charge in [0.2, 0.25) is 0 Å². The molecule has 1 aromatic rings.